The van der Waals surface area contributed by atoms with E-state index < -0.39 is 39.4 Å². The van der Waals surface area contributed by atoms with Crippen LogP contribution in [0.4, 0.5) is 11.4 Å². The number of anilines is 2. The molecule has 0 radical (unpaired) electrons. The van der Waals surface area contributed by atoms with E-state index in [0.29, 0.717) is 33.1 Å². The molecule has 172 valence electrons. The van der Waals surface area contributed by atoms with Crippen LogP contribution in [0.25, 0.3) is 0 Å². The van der Waals surface area contributed by atoms with E-state index >= 15 is 0 Å². The second kappa shape index (κ2) is 11.0. The second-order valence-electron chi connectivity index (χ2n) is 7.33. The topological polar surface area (TPSA) is 139 Å². The zero-order valence-electron chi connectivity index (χ0n) is 17.8. The summed E-state index contributed by atoms with van der Waals surface area (Å²) in [5.41, 5.74) is 12.1. The van der Waals surface area contributed by atoms with Crippen molar-refractivity contribution in [2.45, 2.75) is 58.2 Å². The Labute approximate surface area is 190 Å². The average molecular weight is 577 g/mol. The van der Waals surface area contributed by atoms with Crippen LogP contribution in [0, 0.1) is 0 Å². The zero-order chi connectivity index (χ0) is 23.1. The van der Waals surface area contributed by atoms with Gasteiger partial charge in [0.2, 0.25) is 0 Å². The molecule has 0 fully saturated rings. The van der Waals surface area contributed by atoms with E-state index in [2.05, 4.69) is 0 Å². The van der Waals surface area contributed by atoms with Gasteiger partial charge in [0, 0.05) is 0 Å². The number of nitrogen functional groups attached to an aromatic ring is 2. The van der Waals surface area contributed by atoms with Crippen molar-refractivity contribution in [2.24, 2.45) is 0 Å². The summed E-state index contributed by atoms with van der Waals surface area (Å²) in [6, 6.07) is 11.2. The molecule has 0 spiro atoms. The van der Waals surface area contributed by atoms with E-state index in [1.165, 1.54) is 48.5 Å². The number of rotatable bonds is 12. The summed E-state index contributed by atoms with van der Waals surface area (Å²) in [6.07, 6.45) is 2.71. The average Bonchev–Trinajstić information content (AvgIpc) is 2.71. The van der Waals surface area contributed by atoms with Crippen molar-refractivity contribution in [3.63, 3.8) is 0 Å². The van der Waals surface area contributed by atoms with Crippen molar-refractivity contribution in [1.82, 2.24) is 0 Å². The number of benzene rings is 2. The molecule has 0 heterocycles. The van der Waals surface area contributed by atoms with Crippen LogP contribution in [-0.4, -0.2) is 36.0 Å². The Balaban J connectivity index is 2.48. The minimum atomic E-state index is -4.70. The van der Waals surface area contributed by atoms with Gasteiger partial charge in [-0.2, -0.15) is 0 Å². The third-order valence-electron chi connectivity index (χ3n) is 4.68. The normalized spacial score (nSPS) is 12.7. The van der Waals surface area contributed by atoms with Gasteiger partial charge in [-0.3, -0.25) is 0 Å². The zero-order valence-corrected chi connectivity index (χ0v) is 22.3. The fourth-order valence-corrected chi connectivity index (χ4v) is 23.2. The molecule has 8 nitrogen and oxygen atoms in total. The van der Waals surface area contributed by atoms with Gasteiger partial charge in [-0.15, -0.1) is 0 Å². The molecule has 0 saturated heterocycles. The molecule has 31 heavy (non-hydrogen) atoms. The predicted octanol–water partition coefficient (Wildman–Crippen LogP) is 4.00. The van der Waals surface area contributed by atoms with Crippen LogP contribution >= 0.6 is 0 Å². The van der Waals surface area contributed by atoms with Crippen LogP contribution in [0.2, 0.25) is 8.87 Å². The third-order valence-corrected chi connectivity index (χ3v) is 22.8. The first-order valence-electron chi connectivity index (χ1n) is 10.2. The summed E-state index contributed by atoms with van der Waals surface area (Å²) in [5.74, 6) is 0. The van der Waals surface area contributed by atoms with E-state index in [9.17, 15) is 16.8 Å². The summed E-state index contributed by atoms with van der Waals surface area (Å²) < 4.78 is 64.3. The SMILES string of the molecule is CCC[CH2][Sn]([CH2]CCC)([O]S(=O)(=O)c1ccc(N)cc1)[O]S(=O)(=O)c1ccc(N)cc1. The summed E-state index contributed by atoms with van der Waals surface area (Å²) >= 11 is -4.70. The Hall–Kier alpha value is -1.34. The monoisotopic (exact) mass is 578 g/mol. The van der Waals surface area contributed by atoms with Gasteiger partial charge in [0.15, 0.2) is 0 Å². The van der Waals surface area contributed by atoms with Crippen LogP contribution < -0.4 is 11.5 Å². The fourth-order valence-electron chi connectivity index (χ4n) is 2.96. The van der Waals surface area contributed by atoms with Crippen molar-refractivity contribution >= 4 is 50.8 Å². The van der Waals surface area contributed by atoms with Crippen molar-refractivity contribution in [1.29, 1.82) is 0 Å². The van der Waals surface area contributed by atoms with Gasteiger partial charge in [0.25, 0.3) is 0 Å². The van der Waals surface area contributed by atoms with Gasteiger partial charge in [0.05, 0.1) is 0 Å². The van der Waals surface area contributed by atoms with Gasteiger partial charge in [-0.25, -0.2) is 0 Å². The fraction of sp³-hybridized carbons (Fsp3) is 0.400. The molecule has 0 aliphatic rings. The predicted molar refractivity (Wildman–Crippen MR) is 123 cm³/mol. The molecule has 0 amide bonds. The maximum absolute atomic E-state index is 13.1. The Kier molecular flexibility index (Phi) is 9.19. The van der Waals surface area contributed by atoms with Gasteiger partial charge < -0.3 is 0 Å². The van der Waals surface area contributed by atoms with Crippen LogP contribution in [0.5, 0.6) is 0 Å². The van der Waals surface area contributed by atoms with Crippen molar-refractivity contribution < 1.29 is 21.9 Å². The molecule has 2 rings (SSSR count). The first-order valence-corrected chi connectivity index (χ1v) is 19.3. The van der Waals surface area contributed by atoms with Crippen molar-refractivity contribution in [3.8, 4) is 0 Å². The van der Waals surface area contributed by atoms with Crippen LogP contribution in [-0.2, 0) is 25.3 Å². The number of nitrogens with two attached hydrogens (primary N) is 2. The first-order chi connectivity index (χ1) is 14.5. The van der Waals surface area contributed by atoms with E-state index in [4.69, 9.17) is 16.5 Å². The molecular formula is C20H30N2O6S2Sn. The summed E-state index contributed by atoms with van der Waals surface area (Å²) in [6.45, 7) is 3.89. The van der Waals surface area contributed by atoms with Crippen molar-refractivity contribution in [2.75, 3.05) is 11.5 Å². The van der Waals surface area contributed by atoms with Crippen molar-refractivity contribution in [3.05, 3.63) is 48.5 Å². The van der Waals surface area contributed by atoms with Crippen LogP contribution in [0.3, 0.4) is 0 Å². The Morgan fingerprint density at radius 3 is 1.29 bits per heavy atom. The molecule has 0 aliphatic heterocycles. The van der Waals surface area contributed by atoms with Gasteiger partial charge in [-0.1, -0.05) is 0 Å². The van der Waals surface area contributed by atoms with E-state index in [0.717, 1.165) is 12.8 Å². The van der Waals surface area contributed by atoms with Crippen LogP contribution in [0.15, 0.2) is 58.3 Å². The number of hydrogen-bond acceptors (Lipinski definition) is 8. The molecule has 2 aromatic rings. The molecule has 0 atom stereocenters. The molecular weight excluding hydrogens is 547 g/mol. The summed E-state index contributed by atoms with van der Waals surface area (Å²) in [5, 5.41) is 0. The molecule has 11 heteroatoms. The first kappa shape index (κ1) is 25.9. The molecule has 2 aromatic carbocycles. The Bertz CT molecular complexity index is 968. The molecule has 0 unspecified atom stereocenters. The second-order valence-corrected chi connectivity index (χ2v) is 21.3. The molecule has 4 N–H and O–H groups in total. The van der Waals surface area contributed by atoms with Gasteiger partial charge in [-0.05, 0) is 0 Å². The van der Waals surface area contributed by atoms with Gasteiger partial charge >= 0.3 is 191 Å². The third kappa shape index (κ3) is 7.35. The summed E-state index contributed by atoms with van der Waals surface area (Å²) in [4.78, 5) is -0.159. The maximum atomic E-state index is 13.1. The summed E-state index contributed by atoms with van der Waals surface area (Å²) in [7, 11) is -8.46. The number of hydrogen-bond donors (Lipinski definition) is 2. The molecule has 0 saturated carbocycles. The molecule has 0 aliphatic carbocycles. The van der Waals surface area contributed by atoms with Gasteiger partial charge in [0.1, 0.15) is 0 Å². The molecule has 0 aromatic heterocycles. The van der Waals surface area contributed by atoms with E-state index in [1.54, 1.807) is 0 Å². The van der Waals surface area contributed by atoms with Crippen LogP contribution in [0.1, 0.15) is 39.5 Å². The quantitative estimate of drug-likeness (QED) is 0.285. The Morgan fingerprint density at radius 2 is 1.00 bits per heavy atom. The molecule has 0 bridgehead atoms. The minimum absolute atomic E-state index is 0.0794. The van der Waals surface area contributed by atoms with E-state index in [1.807, 2.05) is 13.8 Å². The Morgan fingerprint density at radius 1 is 0.677 bits per heavy atom. The van der Waals surface area contributed by atoms with E-state index in [-0.39, 0.29) is 9.79 Å². The number of unbranched alkanes of at least 4 members (excludes halogenated alkanes) is 2. The standard InChI is InChI=1S/2C6H7NO3S.2C4H9.Sn/c2*7-5-1-3-6(4-2-5)11(8,9)10;2*1-3-4-2;/h2*1-4H,7H2,(H,8,9,10);2*1,3-4H2,2H3;/q;;;;+2/p-2.